The van der Waals surface area contributed by atoms with Gasteiger partial charge in [0.2, 0.25) is 0 Å². The van der Waals surface area contributed by atoms with Gasteiger partial charge in [-0.15, -0.1) is 0 Å². The molecule has 2 aliphatic rings. The summed E-state index contributed by atoms with van der Waals surface area (Å²) in [6.07, 6.45) is 38.6. The normalized spacial score (nSPS) is 22.3. The molecule has 3 heterocycles. The molecule has 0 radical (unpaired) electrons. The number of carbonyl (C=O) groups is 2. The van der Waals surface area contributed by atoms with E-state index in [0.29, 0.717) is 25.0 Å². The fourth-order valence-corrected chi connectivity index (χ4v) is 9.69. The van der Waals surface area contributed by atoms with E-state index in [1.54, 1.807) is 0 Å². The Morgan fingerprint density at radius 2 is 1.27 bits per heavy atom. The van der Waals surface area contributed by atoms with Gasteiger partial charge in [-0.25, -0.2) is 13.9 Å². The summed E-state index contributed by atoms with van der Waals surface area (Å²) in [6.45, 7) is 1.96. The number of anilines is 1. The molecular formula is C52H83N3O16P2. The minimum Gasteiger partial charge on any atom is -0.462 e. The van der Waals surface area contributed by atoms with Crippen molar-refractivity contribution in [3.63, 3.8) is 0 Å². The molecule has 19 nitrogen and oxygen atoms in total. The number of esters is 2. The summed E-state index contributed by atoms with van der Waals surface area (Å²) >= 11 is 0. The number of nitrogens with zero attached hydrogens (tertiary/aromatic N) is 2. The molecule has 1 aromatic heterocycles. The Labute approximate surface area is 431 Å². The van der Waals surface area contributed by atoms with Crippen LogP contribution in [0.3, 0.4) is 0 Å². The van der Waals surface area contributed by atoms with E-state index in [4.69, 9.17) is 33.7 Å². The number of nitrogen functional groups attached to an aromatic ring is 1. The van der Waals surface area contributed by atoms with E-state index in [0.717, 1.165) is 107 Å². The maximum atomic E-state index is 12.9. The number of rotatable bonds is 41. The average Bonchev–Trinajstić information content (AvgIpc) is 4.04. The van der Waals surface area contributed by atoms with Crippen molar-refractivity contribution in [1.82, 2.24) is 9.55 Å². The van der Waals surface area contributed by atoms with Crippen molar-refractivity contribution >= 4 is 33.4 Å². The summed E-state index contributed by atoms with van der Waals surface area (Å²) in [5.74, 6) is -1.36. The lowest BCUT2D eigenvalue weighted by atomic mass is 10.1. The van der Waals surface area contributed by atoms with Crippen LogP contribution < -0.4 is 11.4 Å². The van der Waals surface area contributed by atoms with Crippen molar-refractivity contribution in [3.8, 4) is 0 Å². The van der Waals surface area contributed by atoms with Gasteiger partial charge in [0.05, 0.1) is 25.4 Å². The lowest BCUT2D eigenvalue weighted by Crippen LogP contribution is -2.36. The first-order valence-corrected chi connectivity index (χ1v) is 29.1. The van der Waals surface area contributed by atoms with E-state index in [-0.39, 0.29) is 18.7 Å². The van der Waals surface area contributed by atoms with E-state index in [2.05, 4.69) is 96.1 Å². The third-order valence-electron chi connectivity index (χ3n) is 11.7. The number of unbranched alkanes of at least 4 members (excludes halogenated alkanes) is 10. The zero-order valence-corrected chi connectivity index (χ0v) is 44.6. The number of phosphoric acid groups is 2. The molecule has 3 rings (SSSR count). The number of hydrogen-bond donors (Lipinski definition) is 5. The minimum atomic E-state index is -5.44. The molecule has 6 N–H and O–H groups in total. The van der Waals surface area contributed by atoms with Gasteiger partial charge in [0.15, 0.2) is 12.3 Å². The van der Waals surface area contributed by atoms with Crippen molar-refractivity contribution in [2.45, 2.75) is 198 Å². The number of ether oxygens (including phenoxy) is 4. The number of phosphoric ester groups is 2. The molecule has 9 atom stereocenters. The molecule has 73 heavy (non-hydrogen) atoms. The summed E-state index contributed by atoms with van der Waals surface area (Å²) in [5.41, 5.74) is 4.58. The number of allylic oxidation sites excluding steroid dienone is 11. The second-order valence-corrected chi connectivity index (χ2v) is 21.1. The molecule has 0 saturated carbocycles. The Morgan fingerprint density at radius 1 is 0.699 bits per heavy atom. The van der Waals surface area contributed by atoms with Gasteiger partial charge in [-0.3, -0.25) is 23.2 Å². The molecule has 0 aliphatic carbocycles. The highest BCUT2D eigenvalue weighted by Crippen LogP contribution is 2.60. The second-order valence-electron chi connectivity index (χ2n) is 18.0. The van der Waals surface area contributed by atoms with Crippen LogP contribution in [-0.2, 0) is 51.0 Å². The Bertz CT molecular complexity index is 2080. The van der Waals surface area contributed by atoms with Gasteiger partial charge in [-0.1, -0.05) is 132 Å². The highest BCUT2D eigenvalue weighted by molar-refractivity contribution is 7.61. The van der Waals surface area contributed by atoms with Crippen LogP contribution in [0.15, 0.2) is 90.0 Å². The summed E-state index contributed by atoms with van der Waals surface area (Å²) in [5, 5.41) is 20.9. The number of hydrogen-bond acceptors (Lipinski definition) is 16. The predicted molar refractivity (Wildman–Crippen MR) is 279 cm³/mol. The molecule has 2 aliphatic heterocycles. The first-order chi connectivity index (χ1) is 35.1. The van der Waals surface area contributed by atoms with E-state index in [9.17, 15) is 43.5 Å². The van der Waals surface area contributed by atoms with Crippen LogP contribution in [0.25, 0.3) is 0 Å². The number of aromatic nitrogens is 2. The van der Waals surface area contributed by atoms with Gasteiger partial charge < -0.3 is 44.7 Å². The van der Waals surface area contributed by atoms with Gasteiger partial charge in [0.25, 0.3) is 0 Å². The van der Waals surface area contributed by atoms with Crippen molar-refractivity contribution in [3.05, 3.63) is 95.7 Å². The molecule has 4 unspecified atom stereocenters. The van der Waals surface area contributed by atoms with Gasteiger partial charge in [-0.05, 0) is 89.5 Å². The minimum absolute atomic E-state index is 0.00150. The highest BCUT2D eigenvalue weighted by atomic mass is 31.3. The molecule has 2 fully saturated rings. The van der Waals surface area contributed by atoms with Crippen LogP contribution in [0.1, 0.15) is 161 Å². The first kappa shape index (κ1) is 63.5. The lowest BCUT2D eigenvalue weighted by Gasteiger charge is -2.21. The third kappa shape index (κ3) is 29.2. The van der Waals surface area contributed by atoms with Gasteiger partial charge >= 0.3 is 33.3 Å². The summed E-state index contributed by atoms with van der Waals surface area (Å²) in [7, 11) is -10.9. The molecule has 0 bridgehead atoms. The summed E-state index contributed by atoms with van der Waals surface area (Å²) in [4.78, 5) is 62.0. The van der Waals surface area contributed by atoms with Crippen molar-refractivity contribution in [1.29, 1.82) is 0 Å². The topological polar surface area (TPSA) is 278 Å². The molecule has 0 amide bonds. The van der Waals surface area contributed by atoms with E-state index in [1.165, 1.54) is 25.3 Å². The highest BCUT2D eigenvalue weighted by Gasteiger charge is 2.46. The molecule has 21 heteroatoms. The smallest absolute Gasteiger partial charge is 0.462 e. The molecule has 0 spiro atoms. The quantitative estimate of drug-likeness (QED) is 0.0134. The monoisotopic (exact) mass is 1070 g/mol. The van der Waals surface area contributed by atoms with E-state index < -0.39 is 83.7 Å². The fraction of sp³-hybridized carbons (Fsp3) is 0.654. The lowest BCUT2D eigenvalue weighted by molar-refractivity contribution is -0.161. The molecule has 2 saturated heterocycles. The van der Waals surface area contributed by atoms with E-state index in [1.807, 2.05) is 0 Å². The van der Waals surface area contributed by atoms with Gasteiger partial charge in [0.1, 0.15) is 30.7 Å². The van der Waals surface area contributed by atoms with Crippen LogP contribution in [0, 0.1) is 0 Å². The number of nitrogens with two attached hydrogens (primary N) is 1. The summed E-state index contributed by atoms with van der Waals surface area (Å²) < 4.78 is 62.5. The van der Waals surface area contributed by atoms with Crippen LogP contribution in [-0.4, -0.2) is 97.9 Å². The Hall–Kier alpha value is -3.84. The van der Waals surface area contributed by atoms with Crippen LogP contribution in [0.4, 0.5) is 5.82 Å². The number of aliphatic hydroxyl groups is 2. The first-order valence-electron chi connectivity index (χ1n) is 26.1. The number of carbonyl (C=O) groups excluding carboxylic acids is 2. The fourth-order valence-electron chi connectivity index (χ4n) is 7.58. The largest absolute Gasteiger partial charge is 0.481 e. The van der Waals surface area contributed by atoms with Crippen LogP contribution in [0.5, 0.6) is 0 Å². The van der Waals surface area contributed by atoms with Crippen molar-refractivity contribution < 1.29 is 71.0 Å². The molecule has 0 aromatic carbocycles. The predicted octanol–water partition coefficient (Wildman–Crippen LogP) is 9.88. The molecule has 412 valence electrons. The van der Waals surface area contributed by atoms with Gasteiger partial charge in [0, 0.05) is 19.0 Å². The van der Waals surface area contributed by atoms with E-state index >= 15 is 0 Å². The second kappa shape index (κ2) is 37.0. The standard InChI is InChI=1S/C52H83N3O16P2/c1-3-5-7-8-9-10-11-12-13-14-15-16-17-18-19-20-25-28-32-36-48(57)68-42(39-65-47(56)35-31-27-24-22-21-23-26-30-34-44-43(69-44)33-29-6-4-2)40-66-72(61,62)71-73(63,64)67-41-45-49(58)50(59)51(70-45)55-38-37-46(53)54-52(55)60/h5,7,9-10,12-13,15-16,18-19,26,30,37-38,42-45,49-51,58-59H,3-4,6,8,11,14,17,20-25,27-29,31-36,39-41H2,1-2H3,(H,61,62)(H,63,64)(H2,53,54,60)/b7-5-,10-9-,13-12-,16-15-,19-18-,30-26-/t42-,43?,44?,45-,49-,50-,51-/m1/s1. The van der Waals surface area contributed by atoms with Crippen molar-refractivity contribution in [2.75, 3.05) is 25.6 Å². The van der Waals surface area contributed by atoms with Gasteiger partial charge in [-0.2, -0.15) is 9.29 Å². The number of epoxide rings is 1. The Morgan fingerprint density at radius 3 is 1.92 bits per heavy atom. The maximum Gasteiger partial charge on any atom is 0.481 e. The average molecular weight is 1070 g/mol. The zero-order chi connectivity index (χ0) is 53.2. The Balaban J connectivity index is 1.40. The van der Waals surface area contributed by atoms with Crippen LogP contribution >= 0.6 is 15.6 Å². The van der Waals surface area contributed by atoms with Crippen LogP contribution in [0.2, 0.25) is 0 Å². The Kier molecular flexibility index (Phi) is 32.2. The maximum absolute atomic E-state index is 12.9. The number of aliphatic hydroxyl groups excluding tert-OH is 2. The van der Waals surface area contributed by atoms with Crippen molar-refractivity contribution in [2.24, 2.45) is 0 Å². The zero-order valence-electron chi connectivity index (χ0n) is 42.9. The molecular weight excluding hydrogens is 985 g/mol. The molecule has 1 aromatic rings. The summed E-state index contributed by atoms with van der Waals surface area (Å²) in [6, 6.07) is 1.24. The SMILES string of the molecule is CC/C=C\C/C=C\C/C=C\C/C=C\C/C=C\CCCCCC(=O)O[C@H](COC(=O)CCCCCCC/C=C\CC1OC1CCCCC)COP(=O)(O)OP(=O)(O)OC[C@H]1O[C@@H](n2ccc(N)nc2=O)[C@H](O)[C@@H]1O. The third-order valence-corrected chi connectivity index (χ3v) is 14.3.